The fourth-order valence-corrected chi connectivity index (χ4v) is 2.37. The highest BCUT2D eigenvalue weighted by Gasteiger charge is 2.33. The van der Waals surface area contributed by atoms with Gasteiger partial charge in [-0.25, -0.2) is 0 Å². The van der Waals surface area contributed by atoms with Crippen molar-refractivity contribution in [3.8, 4) is 0 Å². The van der Waals surface area contributed by atoms with E-state index in [0.717, 1.165) is 0 Å². The van der Waals surface area contributed by atoms with E-state index in [1.54, 1.807) is 0 Å². The summed E-state index contributed by atoms with van der Waals surface area (Å²) in [5.74, 6) is 0.140. The molecule has 0 aromatic rings. The lowest BCUT2D eigenvalue weighted by molar-refractivity contribution is -0.127. The Morgan fingerprint density at radius 3 is 2.29 bits per heavy atom. The van der Waals surface area contributed by atoms with Crippen molar-refractivity contribution in [2.24, 2.45) is 17.6 Å². The van der Waals surface area contributed by atoms with Crippen molar-refractivity contribution >= 4 is 5.91 Å². The third kappa shape index (κ3) is 3.94. The third-order valence-corrected chi connectivity index (χ3v) is 3.46. The van der Waals surface area contributed by atoms with Crippen molar-refractivity contribution in [1.82, 2.24) is 5.32 Å². The molecule has 0 radical (unpaired) electrons. The number of hydrogen-bond acceptors (Lipinski definition) is 4. The Morgan fingerprint density at radius 1 is 1.35 bits per heavy atom. The molecule has 0 saturated heterocycles. The van der Waals surface area contributed by atoms with Crippen LogP contribution in [0.4, 0.5) is 0 Å². The fourth-order valence-electron chi connectivity index (χ4n) is 2.37. The second-order valence-corrected chi connectivity index (χ2v) is 5.24. The van der Waals surface area contributed by atoms with Crippen molar-refractivity contribution in [3.63, 3.8) is 0 Å². The first-order valence-electron chi connectivity index (χ1n) is 6.32. The largest absolute Gasteiger partial charge is 0.390 e. The molecule has 1 aliphatic carbocycles. The van der Waals surface area contributed by atoms with E-state index < -0.39 is 12.2 Å². The van der Waals surface area contributed by atoms with Gasteiger partial charge < -0.3 is 21.3 Å². The Hall–Kier alpha value is -0.650. The maximum absolute atomic E-state index is 12.0. The Labute approximate surface area is 102 Å². The highest BCUT2D eigenvalue weighted by Crippen LogP contribution is 2.21. The molecule has 0 aromatic heterocycles. The number of hydrogen-bond donors (Lipinski definition) is 4. The minimum atomic E-state index is -0.715. The normalized spacial score (nSPS) is 30.6. The van der Waals surface area contributed by atoms with Crippen LogP contribution in [0.5, 0.6) is 0 Å². The summed E-state index contributed by atoms with van der Waals surface area (Å²) < 4.78 is 0. The zero-order valence-corrected chi connectivity index (χ0v) is 10.6. The molecule has 2 unspecified atom stereocenters. The average molecular weight is 244 g/mol. The summed E-state index contributed by atoms with van der Waals surface area (Å²) >= 11 is 0. The molecule has 1 rings (SSSR count). The summed E-state index contributed by atoms with van der Waals surface area (Å²) in [6, 6.07) is -0.119. The molecular weight excluding hydrogens is 220 g/mol. The summed E-state index contributed by atoms with van der Waals surface area (Å²) in [4.78, 5) is 12.0. The minimum absolute atomic E-state index is 0.0169. The Kier molecular flexibility index (Phi) is 5.36. The molecule has 1 amide bonds. The number of rotatable bonds is 5. The van der Waals surface area contributed by atoms with Gasteiger partial charge in [0, 0.05) is 12.0 Å². The van der Waals surface area contributed by atoms with Crippen molar-refractivity contribution in [2.75, 3.05) is 6.54 Å². The van der Waals surface area contributed by atoms with Crippen LogP contribution in [-0.4, -0.2) is 40.9 Å². The molecule has 5 heteroatoms. The number of carbonyl (C=O) groups is 1. The lowest BCUT2D eigenvalue weighted by Crippen LogP contribution is -2.40. The van der Waals surface area contributed by atoms with Gasteiger partial charge in [-0.1, -0.05) is 13.8 Å². The average Bonchev–Trinajstić information content (AvgIpc) is 2.53. The molecule has 1 aliphatic rings. The number of carbonyl (C=O) groups excluding carboxylic acids is 1. The van der Waals surface area contributed by atoms with Crippen molar-refractivity contribution in [1.29, 1.82) is 0 Å². The van der Waals surface area contributed by atoms with Crippen LogP contribution in [0.3, 0.4) is 0 Å². The SMILES string of the molecule is CC(C)C(CCN)C(=O)NC1C[C@@H](O)[C@@H](O)C1. The molecule has 5 N–H and O–H groups in total. The van der Waals surface area contributed by atoms with Gasteiger partial charge in [0.1, 0.15) is 0 Å². The zero-order chi connectivity index (χ0) is 13.0. The van der Waals surface area contributed by atoms with Crippen LogP contribution in [0, 0.1) is 11.8 Å². The minimum Gasteiger partial charge on any atom is -0.390 e. The first-order valence-corrected chi connectivity index (χ1v) is 6.32. The number of aliphatic hydroxyl groups excluding tert-OH is 2. The Morgan fingerprint density at radius 2 is 1.88 bits per heavy atom. The molecule has 0 heterocycles. The van der Waals surface area contributed by atoms with Gasteiger partial charge in [-0.3, -0.25) is 4.79 Å². The van der Waals surface area contributed by atoms with Gasteiger partial charge in [-0.15, -0.1) is 0 Å². The van der Waals surface area contributed by atoms with Crippen LogP contribution in [-0.2, 0) is 4.79 Å². The lowest BCUT2D eigenvalue weighted by atomic mass is 9.91. The molecule has 17 heavy (non-hydrogen) atoms. The standard InChI is InChI=1S/C12H24N2O3/c1-7(2)9(3-4-13)12(17)14-8-5-10(15)11(16)6-8/h7-11,15-16H,3-6,13H2,1-2H3,(H,14,17)/t8?,9?,10-,11+. The molecular formula is C12H24N2O3. The van der Waals surface area contributed by atoms with E-state index in [1.807, 2.05) is 13.8 Å². The van der Waals surface area contributed by atoms with E-state index in [9.17, 15) is 15.0 Å². The second-order valence-electron chi connectivity index (χ2n) is 5.24. The topological polar surface area (TPSA) is 95.6 Å². The molecule has 5 nitrogen and oxygen atoms in total. The molecule has 0 spiro atoms. The van der Waals surface area contributed by atoms with Gasteiger partial charge >= 0.3 is 0 Å². The van der Waals surface area contributed by atoms with Gasteiger partial charge in [0.25, 0.3) is 0 Å². The van der Waals surface area contributed by atoms with E-state index in [2.05, 4.69) is 5.32 Å². The van der Waals surface area contributed by atoms with Crippen LogP contribution in [0.25, 0.3) is 0 Å². The molecule has 100 valence electrons. The molecule has 0 aliphatic heterocycles. The summed E-state index contributed by atoms with van der Waals surface area (Å²) in [6.07, 6.45) is 0.0989. The Bertz CT molecular complexity index is 248. The van der Waals surface area contributed by atoms with E-state index in [4.69, 9.17) is 5.73 Å². The quantitative estimate of drug-likeness (QED) is 0.529. The number of amides is 1. The van der Waals surface area contributed by atoms with E-state index >= 15 is 0 Å². The predicted molar refractivity (Wildman–Crippen MR) is 65.2 cm³/mol. The third-order valence-electron chi connectivity index (χ3n) is 3.46. The summed E-state index contributed by atoms with van der Waals surface area (Å²) in [5, 5.41) is 21.7. The van der Waals surface area contributed by atoms with E-state index in [0.29, 0.717) is 25.8 Å². The second kappa shape index (κ2) is 6.33. The number of aliphatic hydroxyl groups is 2. The Balaban J connectivity index is 2.47. The molecule has 4 atom stereocenters. The molecule has 1 fully saturated rings. The van der Waals surface area contributed by atoms with Gasteiger partial charge in [0.05, 0.1) is 12.2 Å². The molecule has 1 saturated carbocycles. The van der Waals surface area contributed by atoms with E-state index in [-0.39, 0.29) is 23.8 Å². The first-order chi connectivity index (χ1) is 7.95. The van der Waals surface area contributed by atoms with Crippen LogP contribution in [0.1, 0.15) is 33.1 Å². The highest BCUT2D eigenvalue weighted by molar-refractivity contribution is 5.79. The monoisotopic (exact) mass is 244 g/mol. The zero-order valence-electron chi connectivity index (χ0n) is 10.6. The lowest BCUT2D eigenvalue weighted by Gasteiger charge is -2.22. The predicted octanol–water partition coefficient (Wildman–Crippen LogP) is -0.392. The highest BCUT2D eigenvalue weighted by atomic mass is 16.3. The molecule has 0 aromatic carbocycles. The molecule has 0 bridgehead atoms. The van der Waals surface area contributed by atoms with Gasteiger partial charge in [0.2, 0.25) is 5.91 Å². The fraction of sp³-hybridized carbons (Fsp3) is 0.917. The maximum Gasteiger partial charge on any atom is 0.223 e. The van der Waals surface area contributed by atoms with Crippen LogP contribution in [0.2, 0.25) is 0 Å². The summed E-state index contributed by atoms with van der Waals surface area (Å²) in [6.45, 7) is 4.49. The number of nitrogens with two attached hydrogens (primary N) is 1. The van der Waals surface area contributed by atoms with Crippen molar-refractivity contribution < 1.29 is 15.0 Å². The van der Waals surface area contributed by atoms with E-state index in [1.165, 1.54) is 0 Å². The number of nitrogens with one attached hydrogen (secondary N) is 1. The van der Waals surface area contributed by atoms with Gasteiger partial charge in [-0.05, 0) is 31.7 Å². The smallest absolute Gasteiger partial charge is 0.223 e. The summed E-state index contributed by atoms with van der Waals surface area (Å²) in [5.41, 5.74) is 5.50. The maximum atomic E-state index is 12.0. The van der Waals surface area contributed by atoms with Crippen molar-refractivity contribution in [2.45, 2.75) is 51.4 Å². The van der Waals surface area contributed by atoms with Crippen molar-refractivity contribution in [3.05, 3.63) is 0 Å². The first kappa shape index (κ1) is 14.4. The van der Waals surface area contributed by atoms with Gasteiger partial charge in [0.15, 0.2) is 0 Å². The van der Waals surface area contributed by atoms with Crippen LogP contribution in [0.15, 0.2) is 0 Å². The van der Waals surface area contributed by atoms with Crippen LogP contribution >= 0.6 is 0 Å². The van der Waals surface area contributed by atoms with Crippen LogP contribution < -0.4 is 11.1 Å². The summed E-state index contributed by atoms with van der Waals surface area (Å²) in [7, 11) is 0. The van der Waals surface area contributed by atoms with Gasteiger partial charge in [-0.2, -0.15) is 0 Å².